The van der Waals surface area contributed by atoms with Crippen LogP contribution in [-0.2, 0) is 16.0 Å². The number of ether oxygens (including phenoxy) is 2. The molecule has 0 amide bonds. The quantitative estimate of drug-likeness (QED) is 0.710. The van der Waals surface area contributed by atoms with E-state index in [0.717, 1.165) is 35.0 Å². The standard InChI is InChI=1S/C18H21BrN2O4/c1-2-25-18(23)15-12-13-11-14(19)3-4-16(13)21(17(15)22)6-5-20-7-9-24-10-8-20/h3-4,11-12H,2,5-10H2,1H3. The number of carbonyl (C=O) groups excluding carboxylic acids is 1. The Kier molecular flexibility index (Phi) is 5.88. The maximum absolute atomic E-state index is 12.9. The Morgan fingerprint density at radius 1 is 1.24 bits per heavy atom. The van der Waals surface area contributed by atoms with Crippen molar-refractivity contribution in [2.75, 3.05) is 39.5 Å². The van der Waals surface area contributed by atoms with Crippen molar-refractivity contribution in [1.82, 2.24) is 9.47 Å². The molecule has 0 unspecified atom stereocenters. The zero-order valence-corrected chi connectivity index (χ0v) is 15.8. The van der Waals surface area contributed by atoms with E-state index in [-0.39, 0.29) is 17.7 Å². The van der Waals surface area contributed by atoms with E-state index in [2.05, 4.69) is 20.8 Å². The molecular weight excluding hydrogens is 388 g/mol. The summed E-state index contributed by atoms with van der Waals surface area (Å²) in [7, 11) is 0. The normalized spacial score (nSPS) is 15.4. The minimum absolute atomic E-state index is 0.0782. The van der Waals surface area contributed by atoms with Gasteiger partial charge in [0.05, 0.1) is 25.3 Å². The van der Waals surface area contributed by atoms with Crippen molar-refractivity contribution in [3.8, 4) is 0 Å². The van der Waals surface area contributed by atoms with Crippen LogP contribution < -0.4 is 5.56 Å². The Hall–Kier alpha value is -1.70. The van der Waals surface area contributed by atoms with Crippen molar-refractivity contribution in [1.29, 1.82) is 0 Å². The van der Waals surface area contributed by atoms with Crippen LogP contribution in [0.15, 0.2) is 33.5 Å². The fourth-order valence-corrected chi connectivity index (χ4v) is 3.38. The lowest BCUT2D eigenvalue weighted by Gasteiger charge is -2.27. The molecule has 1 aliphatic rings. The molecule has 7 heteroatoms. The van der Waals surface area contributed by atoms with Crippen molar-refractivity contribution < 1.29 is 14.3 Å². The highest BCUT2D eigenvalue weighted by Gasteiger charge is 2.18. The van der Waals surface area contributed by atoms with Crippen LogP contribution >= 0.6 is 15.9 Å². The summed E-state index contributed by atoms with van der Waals surface area (Å²) < 4.78 is 13.0. The number of benzene rings is 1. The smallest absolute Gasteiger partial charge is 0.343 e. The molecule has 1 fully saturated rings. The Bertz CT molecular complexity index is 828. The molecule has 0 aliphatic carbocycles. The largest absolute Gasteiger partial charge is 0.462 e. The summed E-state index contributed by atoms with van der Waals surface area (Å²) in [5.74, 6) is -0.575. The highest BCUT2D eigenvalue weighted by atomic mass is 79.9. The van der Waals surface area contributed by atoms with Gasteiger partial charge in [0.1, 0.15) is 5.56 Å². The van der Waals surface area contributed by atoms with E-state index in [1.54, 1.807) is 17.6 Å². The lowest BCUT2D eigenvalue weighted by Crippen LogP contribution is -2.39. The first-order valence-corrected chi connectivity index (χ1v) is 9.19. The minimum Gasteiger partial charge on any atom is -0.462 e. The molecule has 3 rings (SSSR count). The van der Waals surface area contributed by atoms with Gasteiger partial charge in [-0.2, -0.15) is 0 Å². The first-order chi connectivity index (χ1) is 12.1. The molecule has 134 valence electrons. The van der Waals surface area contributed by atoms with Crippen molar-refractivity contribution in [3.63, 3.8) is 0 Å². The molecule has 0 saturated carbocycles. The fourth-order valence-electron chi connectivity index (χ4n) is 3.00. The Morgan fingerprint density at radius 3 is 2.72 bits per heavy atom. The molecule has 25 heavy (non-hydrogen) atoms. The van der Waals surface area contributed by atoms with Crippen LogP contribution in [0.4, 0.5) is 0 Å². The number of esters is 1. The number of carbonyl (C=O) groups is 1. The summed E-state index contributed by atoms with van der Waals surface area (Å²) >= 11 is 3.44. The molecular formula is C18H21BrN2O4. The monoisotopic (exact) mass is 408 g/mol. The maximum atomic E-state index is 12.9. The molecule has 0 atom stereocenters. The molecule has 2 aromatic rings. The van der Waals surface area contributed by atoms with Crippen LogP contribution in [-0.4, -0.2) is 54.9 Å². The highest BCUT2D eigenvalue weighted by Crippen LogP contribution is 2.20. The van der Waals surface area contributed by atoms with Gasteiger partial charge in [-0.15, -0.1) is 0 Å². The number of fused-ring (bicyclic) bond motifs is 1. The number of aromatic nitrogens is 1. The molecule has 1 saturated heterocycles. The lowest BCUT2D eigenvalue weighted by atomic mass is 10.1. The second-order valence-corrected chi connectivity index (χ2v) is 6.81. The number of morpholine rings is 1. The zero-order chi connectivity index (χ0) is 17.8. The van der Waals surface area contributed by atoms with Crippen molar-refractivity contribution in [2.45, 2.75) is 13.5 Å². The molecule has 1 aromatic carbocycles. The SMILES string of the molecule is CCOC(=O)c1cc2cc(Br)ccc2n(CCN2CCOCC2)c1=O. The van der Waals surface area contributed by atoms with E-state index in [9.17, 15) is 9.59 Å². The number of hydrogen-bond donors (Lipinski definition) is 0. The summed E-state index contributed by atoms with van der Waals surface area (Å²) in [6.07, 6.45) is 0. The summed E-state index contributed by atoms with van der Waals surface area (Å²) in [4.78, 5) is 27.3. The predicted octanol–water partition coefficient (Wildman–Crippen LogP) is 2.27. The Balaban J connectivity index is 1.99. The minimum atomic E-state index is -0.575. The number of pyridine rings is 1. The predicted molar refractivity (Wildman–Crippen MR) is 99.1 cm³/mol. The van der Waals surface area contributed by atoms with Crippen molar-refractivity contribution in [2.24, 2.45) is 0 Å². The zero-order valence-electron chi connectivity index (χ0n) is 14.2. The van der Waals surface area contributed by atoms with Gasteiger partial charge in [-0.05, 0) is 31.2 Å². The van der Waals surface area contributed by atoms with E-state index < -0.39 is 5.97 Å². The topological polar surface area (TPSA) is 60.8 Å². The van der Waals surface area contributed by atoms with Gasteiger partial charge < -0.3 is 14.0 Å². The van der Waals surface area contributed by atoms with Gasteiger partial charge in [0.2, 0.25) is 0 Å². The van der Waals surface area contributed by atoms with E-state index in [1.807, 2.05) is 18.2 Å². The molecule has 0 N–H and O–H groups in total. The van der Waals surface area contributed by atoms with Crippen LogP contribution in [0.5, 0.6) is 0 Å². The highest BCUT2D eigenvalue weighted by molar-refractivity contribution is 9.10. The third-order valence-electron chi connectivity index (χ3n) is 4.29. The second kappa shape index (κ2) is 8.12. The number of rotatable bonds is 5. The second-order valence-electron chi connectivity index (χ2n) is 5.89. The fraction of sp³-hybridized carbons (Fsp3) is 0.444. The van der Waals surface area contributed by atoms with Gasteiger partial charge in [-0.1, -0.05) is 15.9 Å². The Morgan fingerprint density at radius 2 is 2.00 bits per heavy atom. The van der Waals surface area contributed by atoms with Gasteiger partial charge in [-0.3, -0.25) is 9.69 Å². The summed E-state index contributed by atoms with van der Waals surface area (Å²) in [5.41, 5.74) is 0.588. The average molecular weight is 409 g/mol. The maximum Gasteiger partial charge on any atom is 0.343 e. The molecule has 1 aromatic heterocycles. The van der Waals surface area contributed by atoms with Gasteiger partial charge in [-0.25, -0.2) is 4.79 Å². The van der Waals surface area contributed by atoms with Gasteiger partial charge in [0.25, 0.3) is 5.56 Å². The van der Waals surface area contributed by atoms with Crippen molar-refractivity contribution >= 4 is 32.8 Å². The summed E-state index contributed by atoms with van der Waals surface area (Å²) in [6.45, 7) is 6.36. The van der Waals surface area contributed by atoms with Crippen LogP contribution in [0.2, 0.25) is 0 Å². The third kappa shape index (κ3) is 4.11. The molecule has 0 spiro atoms. The van der Waals surface area contributed by atoms with Gasteiger partial charge >= 0.3 is 5.97 Å². The van der Waals surface area contributed by atoms with E-state index >= 15 is 0 Å². The average Bonchev–Trinajstić information content (AvgIpc) is 2.61. The van der Waals surface area contributed by atoms with Gasteiger partial charge in [0, 0.05) is 36.0 Å². The van der Waals surface area contributed by atoms with E-state index in [4.69, 9.17) is 9.47 Å². The Labute approximate surface area is 154 Å². The van der Waals surface area contributed by atoms with Crippen molar-refractivity contribution in [3.05, 3.63) is 44.7 Å². The first kappa shape index (κ1) is 18.1. The van der Waals surface area contributed by atoms with Crippen LogP contribution in [0.1, 0.15) is 17.3 Å². The number of halogens is 1. The summed E-state index contributed by atoms with van der Waals surface area (Å²) in [6, 6.07) is 7.32. The van der Waals surface area contributed by atoms with Gasteiger partial charge in [0.15, 0.2) is 0 Å². The lowest BCUT2D eigenvalue weighted by molar-refractivity contribution is 0.0364. The van der Waals surface area contributed by atoms with Crippen LogP contribution in [0, 0.1) is 0 Å². The molecule has 0 bridgehead atoms. The molecule has 2 heterocycles. The summed E-state index contributed by atoms with van der Waals surface area (Å²) in [5, 5.41) is 0.832. The number of nitrogens with zero attached hydrogens (tertiary/aromatic N) is 2. The van der Waals surface area contributed by atoms with E-state index in [0.29, 0.717) is 19.8 Å². The van der Waals surface area contributed by atoms with Crippen LogP contribution in [0.25, 0.3) is 10.9 Å². The molecule has 1 aliphatic heterocycles. The molecule has 0 radical (unpaired) electrons. The molecule has 6 nitrogen and oxygen atoms in total. The third-order valence-corrected chi connectivity index (χ3v) is 4.79. The van der Waals surface area contributed by atoms with E-state index in [1.165, 1.54) is 0 Å². The van der Waals surface area contributed by atoms with Crippen LogP contribution in [0.3, 0.4) is 0 Å². The first-order valence-electron chi connectivity index (χ1n) is 8.40. The number of hydrogen-bond acceptors (Lipinski definition) is 5.